The number of halogens is 1. The Kier molecular flexibility index (Phi) is 4.37. The summed E-state index contributed by atoms with van der Waals surface area (Å²) in [6.45, 7) is 1.89. The third-order valence-electron chi connectivity index (χ3n) is 5.03. The predicted octanol–water partition coefficient (Wildman–Crippen LogP) is 3.16. The van der Waals surface area contributed by atoms with E-state index in [1.165, 1.54) is 4.68 Å². The molecule has 2 aromatic heterocycles. The van der Waals surface area contributed by atoms with Crippen molar-refractivity contribution in [3.63, 3.8) is 0 Å². The molecule has 7 nitrogen and oxygen atoms in total. The number of benzene rings is 2. The zero-order valence-corrected chi connectivity index (χ0v) is 16.2. The topological polar surface area (TPSA) is 68.8 Å². The van der Waals surface area contributed by atoms with Gasteiger partial charge >= 0.3 is 0 Å². The molecule has 0 saturated carbocycles. The van der Waals surface area contributed by atoms with Crippen LogP contribution in [0, 0.1) is 0 Å². The van der Waals surface area contributed by atoms with Crippen molar-refractivity contribution in [2.45, 2.75) is 13.1 Å². The number of fused-ring (bicyclic) bond motifs is 1. The van der Waals surface area contributed by atoms with Gasteiger partial charge < -0.3 is 9.47 Å². The molecule has 0 N–H and O–H groups in total. The summed E-state index contributed by atoms with van der Waals surface area (Å²) in [4.78, 5) is 14.8. The summed E-state index contributed by atoms with van der Waals surface area (Å²) in [6, 6.07) is 19.2. The van der Waals surface area contributed by atoms with E-state index in [2.05, 4.69) is 19.9 Å². The molecule has 0 radical (unpaired) electrons. The molecule has 4 aromatic rings. The zero-order chi connectivity index (χ0) is 19.8. The van der Waals surface area contributed by atoms with Crippen molar-refractivity contribution in [2.75, 3.05) is 11.4 Å². The molecule has 5 rings (SSSR count). The van der Waals surface area contributed by atoms with Crippen LogP contribution in [-0.2, 0) is 13.1 Å². The van der Waals surface area contributed by atoms with E-state index < -0.39 is 0 Å². The average molecular weight is 405 g/mol. The van der Waals surface area contributed by atoms with Gasteiger partial charge in [-0.05, 0) is 12.1 Å². The van der Waals surface area contributed by atoms with Gasteiger partial charge in [0.15, 0.2) is 11.6 Å². The van der Waals surface area contributed by atoms with Crippen LogP contribution in [-0.4, -0.2) is 31.1 Å². The van der Waals surface area contributed by atoms with E-state index in [4.69, 9.17) is 11.6 Å². The second-order valence-electron chi connectivity index (χ2n) is 6.78. The zero-order valence-electron chi connectivity index (χ0n) is 15.4. The lowest BCUT2D eigenvalue weighted by Gasteiger charge is -2.30. The first-order valence-electron chi connectivity index (χ1n) is 9.28. The van der Waals surface area contributed by atoms with E-state index in [1.807, 2.05) is 65.6 Å². The third-order valence-corrected chi connectivity index (χ3v) is 5.38. The second kappa shape index (κ2) is 7.18. The summed E-state index contributed by atoms with van der Waals surface area (Å²) in [5, 5.41) is 13.2. The van der Waals surface area contributed by atoms with Gasteiger partial charge in [0.05, 0.1) is 24.1 Å². The van der Waals surface area contributed by atoms with Gasteiger partial charge in [-0.2, -0.15) is 9.78 Å². The predicted molar refractivity (Wildman–Crippen MR) is 111 cm³/mol. The number of nitrogens with zero attached hydrogens (tertiary/aromatic N) is 6. The fourth-order valence-electron chi connectivity index (χ4n) is 3.56. The van der Waals surface area contributed by atoms with Crippen LogP contribution in [0.2, 0.25) is 5.02 Å². The number of hydrogen-bond donors (Lipinski definition) is 0. The van der Waals surface area contributed by atoms with E-state index in [-0.39, 0.29) is 10.6 Å². The third kappa shape index (κ3) is 3.09. The first kappa shape index (κ1) is 17.6. The molecule has 144 valence electrons. The van der Waals surface area contributed by atoms with Crippen LogP contribution < -0.4 is 10.5 Å². The molecule has 0 bridgehead atoms. The maximum absolute atomic E-state index is 12.8. The molecule has 0 atom stereocenters. The standard InChI is InChI=1S/C21H17ClN6O/c22-19-17(13-23-28(21(19)29)16-9-5-2-6-10-16)26-11-12-27-18(14-26)24-25-20(27)15-7-3-1-4-8-15/h1-10,13H,11-12,14H2. The molecule has 8 heteroatoms. The molecule has 3 heterocycles. The van der Waals surface area contributed by atoms with Gasteiger partial charge in [-0.3, -0.25) is 4.79 Å². The fraction of sp³-hybridized carbons (Fsp3) is 0.143. The molecule has 0 spiro atoms. The Morgan fingerprint density at radius 1 is 0.897 bits per heavy atom. The van der Waals surface area contributed by atoms with Crippen LogP contribution >= 0.6 is 11.6 Å². The van der Waals surface area contributed by atoms with Gasteiger partial charge in [0.2, 0.25) is 0 Å². The van der Waals surface area contributed by atoms with Crippen LogP contribution in [0.15, 0.2) is 71.7 Å². The first-order chi connectivity index (χ1) is 14.2. The van der Waals surface area contributed by atoms with Gasteiger partial charge in [-0.1, -0.05) is 60.1 Å². The lowest BCUT2D eigenvalue weighted by molar-refractivity contribution is 0.562. The molecule has 1 aliphatic rings. The molecule has 2 aromatic carbocycles. The number of para-hydroxylation sites is 1. The van der Waals surface area contributed by atoms with E-state index in [1.54, 1.807) is 6.20 Å². The Morgan fingerprint density at radius 3 is 2.38 bits per heavy atom. The van der Waals surface area contributed by atoms with Gasteiger partial charge in [0, 0.05) is 18.7 Å². The average Bonchev–Trinajstić information content (AvgIpc) is 3.20. The summed E-state index contributed by atoms with van der Waals surface area (Å²) in [5.74, 6) is 1.68. The van der Waals surface area contributed by atoms with Crippen molar-refractivity contribution in [3.05, 3.63) is 88.1 Å². The number of hydrogen-bond acceptors (Lipinski definition) is 5. The van der Waals surface area contributed by atoms with Crippen molar-refractivity contribution in [3.8, 4) is 17.1 Å². The Morgan fingerprint density at radius 2 is 1.62 bits per heavy atom. The maximum atomic E-state index is 12.8. The Hall–Kier alpha value is -3.45. The van der Waals surface area contributed by atoms with Crippen LogP contribution in [0.4, 0.5) is 5.69 Å². The number of aromatic nitrogens is 5. The van der Waals surface area contributed by atoms with Gasteiger partial charge in [0.25, 0.3) is 5.56 Å². The van der Waals surface area contributed by atoms with Crippen LogP contribution in [0.5, 0.6) is 0 Å². The second-order valence-corrected chi connectivity index (χ2v) is 7.15. The maximum Gasteiger partial charge on any atom is 0.292 e. The highest BCUT2D eigenvalue weighted by molar-refractivity contribution is 6.33. The minimum atomic E-state index is -0.340. The number of anilines is 1. The molecular formula is C21H17ClN6O. The first-order valence-corrected chi connectivity index (χ1v) is 9.66. The summed E-state index contributed by atoms with van der Waals surface area (Å²) in [6.07, 6.45) is 1.64. The normalized spacial score (nSPS) is 13.3. The largest absolute Gasteiger partial charge is 0.360 e. The van der Waals surface area contributed by atoms with E-state index >= 15 is 0 Å². The highest BCUT2D eigenvalue weighted by Crippen LogP contribution is 2.27. The smallest absolute Gasteiger partial charge is 0.292 e. The molecule has 0 fully saturated rings. The fourth-order valence-corrected chi connectivity index (χ4v) is 3.81. The molecular weight excluding hydrogens is 388 g/mol. The van der Waals surface area contributed by atoms with Crippen LogP contribution in [0.3, 0.4) is 0 Å². The summed E-state index contributed by atoms with van der Waals surface area (Å²) in [5.41, 5.74) is 1.98. The minimum absolute atomic E-state index is 0.153. The summed E-state index contributed by atoms with van der Waals surface area (Å²) < 4.78 is 3.42. The quantitative estimate of drug-likeness (QED) is 0.524. The number of rotatable bonds is 3. The highest BCUT2D eigenvalue weighted by atomic mass is 35.5. The molecule has 0 aliphatic carbocycles. The van der Waals surface area contributed by atoms with Crippen LogP contribution in [0.1, 0.15) is 5.82 Å². The summed E-state index contributed by atoms with van der Waals surface area (Å²) >= 11 is 6.45. The van der Waals surface area contributed by atoms with E-state index in [9.17, 15) is 4.79 Å². The SMILES string of the molecule is O=c1c(Cl)c(N2CCn3c(nnc3-c3ccccc3)C2)cnn1-c1ccccc1. The Bertz CT molecular complexity index is 1220. The van der Waals surface area contributed by atoms with E-state index in [0.717, 1.165) is 17.2 Å². The molecule has 0 saturated heterocycles. The summed E-state index contributed by atoms with van der Waals surface area (Å²) in [7, 11) is 0. The Balaban J connectivity index is 1.46. The molecule has 0 unspecified atom stereocenters. The minimum Gasteiger partial charge on any atom is -0.360 e. The highest BCUT2D eigenvalue weighted by Gasteiger charge is 2.25. The lowest BCUT2D eigenvalue weighted by Crippen LogP contribution is -2.36. The van der Waals surface area contributed by atoms with E-state index in [0.29, 0.717) is 31.0 Å². The van der Waals surface area contributed by atoms with Crippen molar-refractivity contribution in [1.82, 2.24) is 24.5 Å². The van der Waals surface area contributed by atoms with Crippen molar-refractivity contribution in [2.24, 2.45) is 0 Å². The van der Waals surface area contributed by atoms with Crippen molar-refractivity contribution in [1.29, 1.82) is 0 Å². The van der Waals surface area contributed by atoms with Gasteiger partial charge in [-0.15, -0.1) is 10.2 Å². The van der Waals surface area contributed by atoms with Crippen LogP contribution in [0.25, 0.3) is 17.1 Å². The molecule has 1 aliphatic heterocycles. The van der Waals surface area contributed by atoms with Gasteiger partial charge in [-0.25, -0.2) is 0 Å². The molecule has 29 heavy (non-hydrogen) atoms. The van der Waals surface area contributed by atoms with Crippen molar-refractivity contribution >= 4 is 17.3 Å². The Labute approximate surface area is 171 Å². The van der Waals surface area contributed by atoms with Gasteiger partial charge in [0.1, 0.15) is 5.02 Å². The lowest BCUT2D eigenvalue weighted by atomic mass is 10.2. The van der Waals surface area contributed by atoms with Crippen molar-refractivity contribution < 1.29 is 0 Å². The monoisotopic (exact) mass is 404 g/mol. The molecule has 0 amide bonds.